The van der Waals surface area contributed by atoms with Crippen LogP contribution >= 0.6 is 0 Å². The van der Waals surface area contributed by atoms with E-state index >= 15 is 0 Å². The maximum Gasteiger partial charge on any atom is 0.302 e. The fourth-order valence-electron chi connectivity index (χ4n) is 2.05. The fourth-order valence-corrected chi connectivity index (χ4v) is 2.05. The van der Waals surface area contributed by atoms with E-state index in [2.05, 4.69) is 23.7 Å². The lowest BCUT2D eigenvalue weighted by Crippen LogP contribution is -2.41. The second-order valence-corrected chi connectivity index (χ2v) is 4.52. The van der Waals surface area contributed by atoms with Gasteiger partial charge in [-0.3, -0.25) is 4.79 Å². The molecule has 0 saturated carbocycles. The van der Waals surface area contributed by atoms with Gasteiger partial charge in [-0.25, -0.2) is 0 Å². The van der Waals surface area contributed by atoms with Gasteiger partial charge in [-0.1, -0.05) is 11.8 Å². The lowest BCUT2D eigenvalue weighted by molar-refractivity contribution is -0.220. The van der Waals surface area contributed by atoms with E-state index in [0.29, 0.717) is 25.2 Å². The summed E-state index contributed by atoms with van der Waals surface area (Å²) in [6.07, 6.45) is 6.53. The van der Waals surface area contributed by atoms with Crippen molar-refractivity contribution in [3.63, 3.8) is 0 Å². The largest absolute Gasteiger partial charge is 0.460 e. The molecule has 2 heterocycles. The third-order valence-corrected chi connectivity index (χ3v) is 2.93. The fraction of sp³-hybridized carbons (Fsp3) is 0.438. The number of carbonyl (C=O) groups is 1. The first kappa shape index (κ1) is 14.2. The molecule has 4 heteroatoms. The molecule has 0 amide bonds. The predicted octanol–water partition coefficient (Wildman–Crippen LogP) is 1.92. The highest BCUT2D eigenvalue weighted by molar-refractivity contribution is 5.66. The maximum atomic E-state index is 10.9. The summed E-state index contributed by atoms with van der Waals surface area (Å²) in [4.78, 5) is 10.9. The standard InChI is InChI=1S/C16H16O4/c1-3-4-5-6-7-14-8-10-16(20-14)11-9-15(12-18-16)19-13(2)17/h7-8,10,15H,9,11-12H2,1-2H3/b14-7-/t15-,16-/m1/s1. The molecule has 0 N–H and O–H groups in total. The minimum Gasteiger partial charge on any atom is -0.460 e. The van der Waals surface area contributed by atoms with Crippen molar-refractivity contribution in [2.75, 3.05) is 6.61 Å². The second-order valence-electron chi connectivity index (χ2n) is 4.52. The molecule has 1 fully saturated rings. The van der Waals surface area contributed by atoms with Crippen LogP contribution in [-0.4, -0.2) is 24.5 Å². The Hall–Kier alpha value is -2.17. The molecule has 4 nitrogen and oxygen atoms in total. The van der Waals surface area contributed by atoms with Crippen LogP contribution in [0.2, 0.25) is 0 Å². The summed E-state index contributed by atoms with van der Waals surface area (Å²) in [5.74, 6) is 10.5. The van der Waals surface area contributed by atoms with Crippen LogP contribution in [0.1, 0.15) is 26.7 Å². The Morgan fingerprint density at radius 1 is 1.55 bits per heavy atom. The molecule has 0 bridgehead atoms. The Bertz CT molecular complexity index is 555. The van der Waals surface area contributed by atoms with E-state index in [1.165, 1.54) is 6.92 Å². The molecular formula is C16H16O4. The van der Waals surface area contributed by atoms with Crippen molar-refractivity contribution in [2.24, 2.45) is 0 Å². The van der Waals surface area contributed by atoms with Crippen molar-refractivity contribution in [3.05, 3.63) is 24.0 Å². The molecular weight excluding hydrogens is 256 g/mol. The quantitative estimate of drug-likeness (QED) is 0.540. The first-order valence-electron chi connectivity index (χ1n) is 6.45. The van der Waals surface area contributed by atoms with Gasteiger partial charge in [0.1, 0.15) is 11.9 Å². The Balaban J connectivity index is 1.90. The first-order valence-corrected chi connectivity index (χ1v) is 6.45. The van der Waals surface area contributed by atoms with E-state index in [0.717, 1.165) is 0 Å². The summed E-state index contributed by atoms with van der Waals surface area (Å²) in [5, 5.41) is 0. The second kappa shape index (κ2) is 6.32. The van der Waals surface area contributed by atoms with E-state index < -0.39 is 5.79 Å². The zero-order valence-corrected chi connectivity index (χ0v) is 11.6. The Labute approximate surface area is 118 Å². The zero-order chi connectivity index (χ0) is 14.4. The Morgan fingerprint density at radius 3 is 3.05 bits per heavy atom. The highest BCUT2D eigenvalue weighted by Gasteiger charge is 2.40. The normalized spacial score (nSPS) is 29.1. The summed E-state index contributed by atoms with van der Waals surface area (Å²) in [7, 11) is 0. The lowest BCUT2D eigenvalue weighted by atomic mass is 10.0. The van der Waals surface area contributed by atoms with Crippen LogP contribution in [0.15, 0.2) is 24.0 Å². The number of hydrogen-bond acceptors (Lipinski definition) is 4. The van der Waals surface area contributed by atoms with E-state index in [4.69, 9.17) is 14.2 Å². The van der Waals surface area contributed by atoms with Gasteiger partial charge in [-0.15, -0.1) is 0 Å². The summed E-state index contributed by atoms with van der Waals surface area (Å²) in [6, 6.07) is 0. The minimum absolute atomic E-state index is 0.192. The molecule has 1 spiro atoms. The molecule has 0 aromatic rings. The Morgan fingerprint density at radius 2 is 2.40 bits per heavy atom. The molecule has 20 heavy (non-hydrogen) atoms. The van der Waals surface area contributed by atoms with Crippen molar-refractivity contribution in [2.45, 2.75) is 38.6 Å². The van der Waals surface area contributed by atoms with Crippen LogP contribution in [0.4, 0.5) is 0 Å². The van der Waals surface area contributed by atoms with Gasteiger partial charge in [0, 0.05) is 19.4 Å². The van der Waals surface area contributed by atoms with Crippen molar-refractivity contribution >= 4 is 5.97 Å². The maximum absolute atomic E-state index is 10.9. The molecule has 2 aliphatic heterocycles. The number of ether oxygens (including phenoxy) is 3. The average molecular weight is 272 g/mol. The van der Waals surface area contributed by atoms with Crippen molar-refractivity contribution in [1.82, 2.24) is 0 Å². The van der Waals surface area contributed by atoms with E-state index in [1.807, 2.05) is 12.2 Å². The van der Waals surface area contributed by atoms with E-state index in [9.17, 15) is 4.79 Å². The van der Waals surface area contributed by atoms with Crippen molar-refractivity contribution in [3.8, 4) is 23.7 Å². The topological polar surface area (TPSA) is 44.8 Å². The van der Waals surface area contributed by atoms with Gasteiger partial charge in [0.15, 0.2) is 0 Å². The molecule has 0 radical (unpaired) electrons. The van der Waals surface area contributed by atoms with Gasteiger partial charge < -0.3 is 14.2 Å². The molecule has 2 aliphatic rings. The SMILES string of the molecule is CC#CC#C/C=C1/C=C[C@]2(CC[C@@H](OC(C)=O)CO2)O1. The monoisotopic (exact) mass is 272 g/mol. The number of hydrogen-bond donors (Lipinski definition) is 0. The van der Waals surface area contributed by atoms with Gasteiger partial charge in [0.25, 0.3) is 0 Å². The number of allylic oxidation sites excluding steroid dienone is 2. The summed E-state index contributed by atoms with van der Waals surface area (Å²) >= 11 is 0. The summed E-state index contributed by atoms with van der Waals surface area (Å²) < 4.78 is 16.6. The summed E-state index contributed by atoms with van der Waals surface area (Å²) in [5.41, 5.74) is 0. The number of rotatable bonds is 1. The predicted molar refractivity (Wildman–Crippen MR) is 73.0 cm³/mol. The van der Waals surface area contributed by atoms with Gasteiger partial charge in [0.2, 0.25) is 5.79 Å². The number of esters is 1. The number of carbonyl (C=O) groups excluding carboxylic acids is 1. The van der Waals surface area contributed by atoms with Crippen LogP contribution in [0.25, 0.3) is 0 Å². The van der Waals surface area contributed by atoms with Gasteiger partial charge in [0.05, 0.1) is 6.61 Å². The summed E-state index contributed by atoms with van der Waals surface area (Å²) in [6.45, 7) is 3.47. The van der Waals surface area contributed by atoms with Crippen molar-refractivity contribution in [1.29, 1.82) is 0 Å². The Kier molecular flexibility index (Phi) is 4.50. The highest BCUT2D eigenvalue weighted by atomic mass is 16.7. The third kappa shape index (κ3) is 3.66. The van der Waals surface area contributed by atoms with Crippen LogP contribution in [0.3, 0.4) is 0 Å². The molecule has 104 valence electrons. The van der Waals surface area contributed by atoms with Crippen LogP contribution < -0.4 is 0 Å². The van der Waals surface area contributed by atoms with Gasteiger partial charge in [-0.05, 0) is 37.3 Å². The van der Waals surface area contributed by atoms with Crippen LogP contribution in [0, 0.1) is 23.7 Å². The van der Waals surface area contributed by atoms with Crippen molar-refractivity contribution < 1.29 is 19.0 Å². The van der Waals surface area contributed by atoms with Crippen LogP contribution in [0.5, 0.6) is 0 Å². The molecule has 0 aromatic heterocycles. The van der Waals surface area contributed by atoms with E-state index in [1.54, 1.807) is 13.0 Å². The average Bonchev–Trinajstić information content (AvgIpc) is 2.81. The molecule has 0 unspecified atom stereocenters. The van der Waals surface area contributed by atoms with Gasteiger partial charge in [-0.2, -0.15) is 0 Å². The first-order chi connectivity index (χ1) is 9.63. The molecule has 2 atom stereocenters. The molecule has 0 aliphatic carbocycles. The molecule has 2 rings (SSSR count). The van der Waals surface area contributed by atoms with E-state index in [-0.39, 0.29) is 12.1 Å². The molecule has 0 aromatic carbocycles. The third-order valence-electron chi connectivity index (χ3n) is 2.93. The highest BCUT2D eigenvalue weighted by Crippen LogP contribution is 2.35. The minimum atomic E-state index is -0.736. The van der Waals surface area contributed by atoms with Gasteiger partial charge >= 0.3 is 5.97 Å². The zero-order valence-electron chi connectivity index (χ0n) is 11.6. The molecule has 1 saturated heterocycles. The smallest absolute Gasteiger partial charge is 0.302 e. The van der Waals surface area contributed by atoms with Crippen LogP contribution in [-0.2, 0) is 19.0 Å². The lowest BCUT2D eigenvalue weighted by Gasteiger charge is -2.35.